The van der Waals surface area contributed by atoms with E-state index in [9.17, 15) is 9.90 Å². The molecule has 1 amide bonds. The highest BCUT2D eigenvalue weighted by Gasteiger charge is 2.11. The number of phenols is 1. The summed E-state index contributed by atoms with van der Waals surface area (Å²) in [6.07, 6.45) is 4.20. The molecule has 4 heteroatoms. The third kappa shape index (κ3) is 3.31. The van der Waals surface area contributed by atoms with E-state index >= 15 is 0 Å². The molecule has 0 aliphatic heterocycles. The standard InChI is InChI=1S/C15H16N2O2/c1-11-4-2-6-13(14(11)18)15(19)17-9-7-12-5-3-8-16-10-12/h2-6,8,10,18H,7,9H2,1H3,(H,17,19). The van der Waals surface area contributed by atoms with Crippen molar-refractivity contribution in [3.05, 3.63) is 59.4 Å². The van der Waals surface area contributed by atoms with Crippen molar-refractivity contribution in [2.45, 2.75) is 13.3 Å². The van der Waals surface area contributed by atoms with Crippen LogP contribution in [0.1, 0.15) is 21.5 Å². The zero-order valence-electron chi connectivity index (χ0n) is 10.8. The van der Waals surface area contributed by atoms with Gasteiger partial charge in [0.25, 0.3) is 5.91 Å². The van der Waals surface area contributed by atoms with Gasteiger partial charge in [0.2, 0.25) is 0 Å². The number of carbonyl (C=O) groups excluding carboxylic acids is 1. The molecule has 0 fully saturated rings. The zero-order chi connectivity index (χ0) is 13.7. The number of amides is 1. The Labute approximate surface area is 112 Å². The van der Waals surface area contributed by atoms with E-state index in [0.29, 0.717) is 24.1 Å². The Morgan fingerprint density at radius 3 is 2.89 bits per heavy atom. The van der Waals surface area contributed by atoms with Crippen LogP contribution in [0.5, 0.6) is 5.75 Å². The Morgan fingerprint density at radius 2 is 2.16 bits per heavy atom. The maximum Gasteiger partial charge on any atom is 0.255 e. The minimum Gasteiger partial charge on any atom is -0.507 e. The molecular weight excluding hydrogens is 240 g/mol. The van der Waals surface area contributed by atoms with Gasteiger partial charge in [-0.3, -0.25) is 9.78 Å². The molecule has 0 aliphatic rings. The van der Waals surface area contributed by atoms with E-state index < -0.39 is 0 Å². The van der Waals surface area contributed by atoms with Crippen molar-refractivity contribution in [3.8, 4) is 5.75 Å². The Balaban J connectivity index is 1.93. The third-order valence-corrected chi connectivity index (χ3v) is 2.90. The molecule has 0 saturated heterocycles. The molecule has 0 bridgehead atoms. The molecular formula is C15H16N2O2. The van der Waals surface area contributed by atoms with Gasteiger partial charge in [0.15, 0.2) is 0 Å². The number of phenolic OH excluding ortho intramolecular Hbond substituents is 1. The maximum absolute atomic E-state index is 11.9. The molecule has 4 nitrogen and oxygen atoms in total. The number of carbonyl (C=O) groups is 1. The molecule has 0 aliphatic carbocycles. The molecule has 19 heavy (non-hydrogen) atoms. The van der Waals surface area contributed by atoms with Gasteiger partial charge in [-0.1, -0.05) is 18.2 Å². The van der Waals surface area contributed by atoms with E-state index in [0.717, 1.165) is 5.56 Å². The average Bonchev–Trinajstić information content (AvgIpc) is 2.43. The van der Waals surface area contributed by atoms with Gasteiger partial charge < -0.3 is 10.4 Å². The molecule has 98 valence electrons. The number of hydrogen-bond donors (Lipinski definition) is 2. The number of rotatable bonds is 4. The smallest absolute Gasteiger partial charge is 0.255 e. The quantitative estimate of drug-likeness (QED) is 0.880. The minimum atomic E-state index is -0.259. The van der Waals surface area contributed by atoms with Crippen LogP contribution in [-0.2, 0) is 6.42 Å². The van der Waals surface area contributed by atoms with Gasteiger partial charge in [-0.15, -0.1) is 0 Å². The number of pyridine rings is 1. The number of aromatic hydroxyl groups is 1. The fourth-order valence-corrected chi connectivity index (χ4v) is 1.80. The van der Waals surface area contributed by atoms with Crippen LogP contribution >= 0.6 is 0 Å². The minimum absolute atomic E-state index is 0.0429. The maximum atomic E-state index is 11.9. The Morgan fingerprint density at radius 1 is 1.32 bits per heavy atom. The van der Waals surface area contributed by atoms with Gasteiger partial charge in [-0.25, -0.2) is 0 Å². The van der Waals surface area contributed by atoms with Crippen LogP contribution in [0.2, 0.25) is 0 Å². The average molecular weight is 256 g/mol. The predicted octanol–water partition coefficient (Wildman–Crippen LogP) is 2.07. The molecule has 1 aromatic carbocycles. The highest BCUT2D eigenvalue weighted by atomic mass is 16.3. The molecule has 2 aromatic rings. The first-order valence-electron chi connectivity index (χ1n) is 6.14. The van der Waals surface area contributed by atoms with Crippen molar-refractivity contribution in [3.63, 3.8) is 0 Å². The van der Waals surface area contributed by atoms with Crippen molar-refractivity contribution in [2.75, 3.05) is 6.54 Å². The predicted molar refractivity (Wildman–Crippen MR) is 73.1 cm³/mol. The lowest BCUT2D eigenvalue weighted by atomic mass is 10.1. The second kappa shape index (κ2) is 6.00. The van der Waals surface area contributed by atoms with Gasteiger partial charge in [-0.05, 0) is 36.6 Å². The van der Waals surface area contributed by atoms with E-state index in [-0.39, 0.29) is 11.7 Å². The molecule has 0 atom stereocenters. The molecule has 1 heterocycles. The summed E-state index contributed by atoms with van der Waals surface area (Å²) in [6, 6.07) is 8.96. The lowest BCUT2D eigenvalue weighted by molar-refractivity contribution is 0.0951. The zero-order valence-corrected chi connectivity index (χ0v) is 10.8. The van der Waals surface area contributed by atoms with Crippen molar-refractivity contribution < 1.29 is 9.90 Å². The van der Waals surface area contributed by atoms with Crippen LogP contribution in [0, 0.1) is 6.92 Å². The number of benzene rings is 1. The second-order valence-electron chi connectivity index (χ2n) is 4.34. The van der Waals surface area contributed by atoms with E-state index in [2.05, 4.69) is 10.3 Å². The van der Waals surface area contributed by atoms with Crippen LogP contribution in [-0.4, -0.2) is 22.5 Å². The summed E-state index contributed by atoms with van der Waals surface area (Å²) in [5.74, 6) is -0.216. The summed E-state index contributed by atoms with van der Waals surface area (Å²) >= 11 is 0. The number of para-hydroxylation sites is 1. The Hall–Kier alpha value is -2.36. The third-order valence-electron chi connectivity index (χ3n) is 2.90. The first-order chi connectivity index (χ1) is 9.18. The fraction of sp³-hybridized carbons (Fsp3) is 0.200. The number of aryl methyl sites for hydroxylation is 1. The number of aromatic nitrogens is 1. The monoisotopic (exact) mass is 256 g/mol. The van der Waals surface area contributed by atoms with Crippen molar-refractivity contribution >= 4 is 5.91 Å². The summed E-state index contributed by atoms with van der Waals surface area (Å²) in [7, 11) is 0. The molecule has 0 saturated carbocycles. The fourth-order valence-electron chi connectivity index (χ4n) is 1.80. The van der Waals surface area contributed by atoms with E-state index in [1.54, 1.807) is 37.5 Å². The largest absolute Gasteiger partial charge is 0.507 e. The molecule has 0 radical (unpaired) electrons. The van der Waals surface area contributed by atoms with Crippen molar-refractivity contribution in [1.29, 1.82) is 0 Å². The summed E-state index contributed by atoms with van der Waals surface area (Å²) in [5, 5.41) is 12.6. The first kappa shape index (κ1) is 13.1. The van der Waals surface area contributed by atoms with Crippen LogP contribution in [0.4, 0.5) is 0 Å². The lowest BCUT2D eigenvalue weighted by Crippen LogP contribution is -2.25. The first-order valence-corrected chi connectivity index (χ1v) is 6.14. The lowest BCUT2D eigenvalue weighted by Gasteiger charge is -2.08. The molecule has 0 spiro atoms. The van der Waals surface area contributed by atoms with Crippen molar-refractivity contribution in [1.82, 2.24) is 10.3 Å². The van der Waals surface area contributed by atoms with Gasteiger partial charge >= 0.3 is 0 Å². The molecule has 0 unspecified atom stereocenters. The summed E-state index contributed by atoms with van der Waals surface area (Å²) in [6.45, 7) is 2.28. The second-order valence-corrected chi connectivity index (χ2v) is 4.34. The highest BCUT2D eigenvalue weighted by Crippen LogP contribution is 2.20. The molecule has 1 aromatic heterocycles. The van der Waals surface area contributed by atoms with Gasteiger partial charge in [0.1, 0.15) is 5.75 Å². The summed E-state index contributed by atoms with van der Waals surface area (Å²) in [5.41, 5.74) is 2.07. The van der Waals surface area contributed by atoms with Gasteiger partial charge in [0, 0.05) is 18.9 Å². The number of nitrogens with zero attached hydrogens (tertiary/aromatic N) is 1. The normalized spacial score (nSPS) is 10.2. The molecule has 2 N–H and O–H groups in total. The summed E-state index contributed by atoms with van der Waals surface area (Å²) in [4.78, 5) is 15.9. The molecule has 2 rings (SSSR count). The van der Waals surface area contributed by atoms with Gasteiger partial charge in [-0.2, -0.15) is 0 Å². The SMILES string of the molecule is Cc1cccc(C(=O)NCCc2cccnc2)c1O. The van der Waals surface area contributed by atoms with E-state index in [1.165, 1.54) is 0 Å². The van der Waals surface area contributed by atoms with E-state index in [4.69, 9.17) is 0 Å². The Bertz CT molecular complexity index is 568. The van der Waals surface area contributed by atoms with Crippen LogP contribution < -0.4 is 5.32 Å². The topological polar surface area (TPSA) is 62.2 Å². The van der Waals surface area contributed by atoms with Crippen molar-refractivity contribution in [2.24, 2.45) is 0 Å². The van der Waals surface area contributed by atoms with Crippen LogP contribution in [0.25, 0.3) is 0 Å². The number of hydrogen-bond acceptors (Lipinski definition) is 3. The van der Waals surface area contributed by atoms with Crippen LogP contribution in [0.3, 0.4) is 0 Å². The Kier molecular flexibility index (Phi) is 4.13. The van der Waals surface area contributed by atoms with Gasteiger partial charge in [0.05, 0.1) is 5.56 Å². The van der Waals surface area contributed by atoms with E-state index in [1.807, 2.05) is 12.1 Å². The number of nitrogens with one attached hydrogen (secondary N) is 1. The summed E-state index contributed by atoms with van der Waals surface area (Å²) < 4.78 is 0. The van der Waals surface area contributed by atoms with Crippen LogP contribution in [0.15, 0.2) is 42.7 Å². The highest BCUT2D eigenvalue weighted by molar-refractivity contribution is 5.97.